The molecule has 0 saturated carbocycles. The number of carbonyl (C=O) groups excluding carboxylic acids is 2. The number of nitrogens with zero attached hydrogens (tertiary/aromatic N) is 2. The lowest BCUT2D eigenvalue weighted by Crippen LogP contribution is -2.27. The fraction of sp³-hybridized carbons (Fsp3) is 0.125. The SMILES string of the molecule is Cc1c(C(=O)O)cccc1-n1c(C)cc(/C=C2\SC(=O)N(c3ccccc3)C2=O)c1C. The smallest absolute Gasteiger partial charge is 0.336 e. The summed E-state index contributed by atoms with van der Waals surface area (Å²) < 4.78 is 1.97. The lowest BCUT2D eigenvalue weighted by Gasteiger charge is -2.14. The molecule has 156 valence electrons. The molecule has 1 N–H and O–H groups in total. The number of anilines is 1. The second-order valence-corrected chi connectivity index (χ2v) is 8.26. The predicted octanol–water partition coefficient (Wildman–Crippen LogP) is 5.34. The van der Waals surface area contributed by atoms with E-state index in [2.05, 4.69) is 0 Å². The number of aromatic nitrogens is 1. The number of aryl methyl sites for hydroxylation is 1. The minimum absolute atomic E-state index is 0.246. The van der Waals surface area contributed by atoms with Crippen LogP contribution in [0.2, 0.25) is 0 Å². The normalized spacial score (nSPS) is 15.2. The van der Waals surface area contributed by atoms with E-state index in [1.165, 1.54) is 4.90 Å². The first-order valence-corrected chi connectivity index (χ1v) is 10.5. The van der Waals surface area contributed by atoms with Gasteiger partial charge in [-0.3, -0.25) is 9.59 Å². The Hall–Kier alpha value is -3.58. The third-order valence-electron chi connectivity index (χ3n) is 5.34. The van der Waals surface area contributed by atoms with E-state index in [0.29, 0.717) is 16.2 Å². The summed E-state index contributed by atoms with van der Waals surface area (Å²) in [5.41, 5.74) is 4.78. The summed E-state index contributed by atoms with van der Waals surface area (Å²) in [5, 5.41) is 9.12. The van der Waals surface area contributed by atoms with Gasteiger partial charge in [0.05, 0.1) is 16.2 Å². The van der Waals surface area contributed by atoms with Crippen molar-refractivity contribution in [2.45, 2.75) is 20.8 Å². The number of hydrogen-bond donors (Lipinski definition) is 1. The van der Waals surface area contributed by atoms with Crippen molar-refractivity contribution < 1.29 is 19.5 Å². The van der Waals surface area contributed by atoms with Gasteiger partial charge in [0.2, 0.25) is 0 Å². The van der Waals surface area contributed by atoms with Gasteiger partial charge in [0.1, 0.15) is 0 Å². The maximum atomic E-state index is 12.9. The fourth-order valence-electron chi connectivity index (χ4n) is 3.81. The Kier molecular flexibility index (Phi) is 5.29. The summed E-state index contributed by atoms with van der Waals surface area (Å²) in [5.74, 6) is -1.33. The summed E-state index contributed by atoms with van der Waals surface area (Å²) in [6.45, 7) is 5.61. The molecule has 2 heterocycles. The fourth-order valence-corrected chi connectivity index (χ4v) is 4.64. The third-order valence-corrected chi connectivity index (χ3v) is 6.21. The average Bonchev–Trinajstić information content (AvgIpc) is 3.17. The Labute approximate surface area is 183 Å². The predicted molar refractivity (Wildman–Crippen MR) is 122 cm³/mol. The maximum absolute atomic E-state index is 12.9. The number of thioether (sulfide) groups is 1. The van der Waals surface area contributed by atoms with Crippen LogP contribution in [0.15, 0.2) is 59.5 Å². The van der Waals surface area contributed by atoms with Crippen LogP contribution in [0.1, 0.15) is 32.9 Å². The number of benzene rings is 2. The topological polar surface area (TPSA) is 79.6 Å². The highest BCUT2D eigenvalue weighted by Crippen LogP contribution is 2.36. The molecular formula is C24H20N2O4S. The van der Waals surface area contributed by atoms with Crippen LogP contribution in [0.3, 0.4) is 0 Å². The molecule has 1 aromatic heterocycles. The highest BCUT2D eigenvalue weighted by molar-refractivity contribution is 8.19. The van der Waals surface area contributed by atoms with Gasteiger partial charge in [0.15, 0.2) is 0 Å². The van der Waals surface area contributed by atoms with E-state index < -0.39 is 5.97 Å². The Bertz CT molecular complexity index is 1260. The van der Waals surface area contributed by atoms with E-state index in [-0.39, 0.29) is 16.7 Å². The van der Waals surface area contributed by atoms with Gasteiger partial charge >= 0.3 is 5.97 Å². The van der Waals surface area contributed by atoms with Crippen LogP contribution in [0.4, 0.5) is 10.5 Å². The van der Waals surface area contributed by atoms with Gasteiger partial charge in [-0.15, -0.1) is 0 Å². The molecule has 31 heavy (non-hydrogen) atoms. The number of imide groups is 1. The van der Waals surface area contributed by atoms with Crippen molar-refractivity contribution in [2.75, 3.05) is 4.90 Å². The zero-order valence-electron chi connectivity index (χ0n) is 17.2. The molecule has 0 spiro atoms. The Morgan fingerprint density at radius 3 is 2.39 bits per heavy atom. The van der Waals surface area contributed by atoms with E-state index >= 15 is 0 Å². The van der Waals surface area contributed by atoms with E-state index in [1.807, 2.05) is 36.6 Å². The number of carbonyl (C=O) groups is 3. The number of carboxylic acids is 1. The van der Waals surface area contributed by atoms with Gasteiger partial charge < -0.3 is 9.67 Å². The lowest BCUT2D eigenvalue weighted by molar-refractivity contribution is -0.113. The monoisotopic (exact) mass is 432 g/mol. The molecule has 1 saturated heterocycles. The van der Waals surface area contributed by atoms with Crippen LogP contribution in [0.25, 0.3) is 11.8 Å². The summed E-state index contributed by atoms with van der Waals surface area (Å²) >= 11 is 0.912. The molecular weight excluding hydrogens is 412 g/mol. The van der Waals surface area contributed by atoms with Gasteiger partial charge in [-0.05, 0) is 80.1 Å². The van der Waals surface area contributed by atoms with Gasteiger partial charge in [-0.25, -0.2) is 9.69 Å². The van der Waals surface area contributed by atoms with Gasteiger partial charge in [-0.2, -0.15) is 0 Å². The maximum Gasteiger partial charge on any atom is 0.336 e. The minimum Gasteiger partial charge on any atom is -0.478 e. The molecule has 0 radical (unpaired) electrons. The molecule has 2 amide bonds. The average molecular weight is 433 g/mol. The summed E-state index contributed by atoms with van der Waals surface area (Å²) in [6.07, 6.45) is 1.73. The Balaban J connectivity index is 1.75. The van der Waals surface area contributed by atoms with Crippen LogP contribution >= 0.6 is 11.8 Å². The molecule has 1 fully saturated rings. The number of aromatic carboxylic acids is 1. The van der Waals surface area contributed by atoms with Crippen LogP contribution in [0.5, 0.6) is 0 Å². The number of amides is 2. The van der Waals surface area contributed by atoms with Crippen LogP contribution in [0, 0.1) is 20.8 Å². The van der Waals surface area contributed by atoms with Crippen molar-refractivity contribution in [3.8, 4) is 5.69 Å². The van der Waals surface area contributed by atoms with Crippen LogP contribution in [-0.2, 0) is 4.79 Å². The zero-order valence-corrected chi connectivity index (χ0v) is 18.1. The second kappa shape index (κ2) is 7.92. The first-order valence-electron chi connectivity index (χ1n) is 9.65. The van der Waals surface area contributed by atoms with Crippen molar-refractivity contribution in [1.82, 2.24) is 4.57 Å². The summed E-state index contributed by atoms with van der Waals surface area (Å²) in [7, 11) is 0. The summed E-state index contributed by atoms with van der Waals surface area (Å²) in [4.78, 5) is 38.4. The molecule has 0 unspecified atom stereocenters. The molecule has 3 aromatic rings. The molecule has 2 aromatic carbocycles. The molecule has 1 aliphatic rings. The van der Waals surface area contributed by atoms with Crippen LogP contribution in [-0.4, -0.2) is 26.8 Å². The first-order chi connectivity index (χ1) is 14.8. The van der Waals surface area contributed by atoms with E-state index in [4.69, 9.17) is 0 Å². The molecule has 1 aliphatic heterocycles. The van der Waals surface area contributed by atoms with E-state index in [9.17, 15) is 19.5 Å². The van der Waals surface area contributed by atoms with E-state index in [1.54, 1.807) is 49.4 Å². The van der Waals surface area contributed by atoms with Gasteiger partial charge in [0, 0.05) is 17.1 Å². The highest BCUT2D eigenvalue weighted by atomic mass is 32.2. The molecule has 4 rings (SSSR count). The van der Waals surface area contributed by atoms with Gasteiger partial charge in [-0.1, -0.05) is 24.3 Å². The molecule has 0 aliphatic carbocycles. The number of rotatable bonds is 4. The Morgan fingerprint density at radius 1 is 1.00 bits per heavy atom. The van der Waals surface area contributed by atoms with Gasteiger partial charge in [0.25, 0.3) is 11.1 Å². The number of carboxylic acid groups (broad SMARTS) is 1. The van der Waals surface area contributed by atoms with Crippen molar-refractivity contribution >= 4 is 40.6 Å². The number of para-hydroxylation sites is 1. The standard InChI is InChI=1S/C24H20N2O4S/c1-14-12-17(16(3)25(14)20-11-7-10-19(15(20)2)23(28)29)13-21-22(27)26(24(30)31-21)18-8-5-4-6-9-18/h4-13H,1-3H3,(H,28,29)/b21-13-. The van der Waals surface area contributed by atoms with Crippen molar-refractivity contribution in [1.29, 1.82) is 0 Å². The molecule has 0 atom stereocenters. The number of hydrogen-bond acceptors (Lipinski definition) is 4. The zero-order chi connectivity index (χ0) is 22.3. The lowest BCUT2D eigenvalue weighted by atomic mass is 10.1. The largest absolute Gasteiger partial charge is 0.478 e. The second-order valence-electron chi connectivity index (χ2n) is 7.27. The molecule has 0 bridgehead atoms. The third kappa shape index (κ3) is 3.57. The molecule has 6 nitrogen and oxygen atoms in total. The Morgan fingerprint density at radius 2 is 1.71 bits per heavy atom. The van der Waals surface area contributed by atoms with E-state index in [0.717, 1.165) is 34.4 Å². The van der Waals surface area contributed by atoms with Crippen LogP contribution < -0.4 is 4.90 Å². The minimum atomic E-state index is -0.975. The first kappa shape index (κ1) is 20.7. The highest BCUT2D eigenvalue weighted by Gasteiger charge is 2.36. The van der Waals surface area contributed by atoms with Crippen molar-refractivity contribution in [3.05, 3.63) is 87.6 Å². The van der Waals surface area contributed by atoms with Crippen molar-refractivity contribution in [3.63, 3.8) is 0 Å². The van der Waals surface area contributed by atoms with Crippen molar-refractivity contribution in [2.24, 2.45) is 0 Å². The quantitative estimate of drug-likeness (QED) is 0.563. The molecule has 7 heteroatoms. The summed E-state index contributed by atoms with van der Waals surface area (Å²) in [6, 6.07) is 15.9.